The Labute approximate surface area is 71.6 Å². The Morgan fingerprint density at radius 1 is 1.50 bits per heavy atom. The van der Waals surface area contributed by atoms with Gasteiger partial charge in [0.2, 0.25) is 15.0 Å². The lowest BCUT2D eigenvalue weighted by Crippen LogP contribution is -2.08. The maximum atomic E-state index is 11.2. The van der Waals surface area contributed by atoms with Crippen LogP contribution >= 0.6 is 0 Å². The SMILES string of the molecule is CCS(=O)(=O)c1nccc(C)n1. The van der Waals surface area contributed by atoms with E-state index < -0.39 is 9.84 Å². The molecule has 1 aromatic rings. The van der Waals surface area contributed by atoms with Gasteiger partial charge in [-0.05, 0) is 13.0 Å². The van der Waals surface area contributed by atoms with Gasteiger partial charge in [0.25, 0.3) is 0 Å². The van der Waals surface area contributed by atoms with E-state index >= 15 is 0 Å². The van der Waals surface area contributed by atoms with Crippen molar-refractivity contribution >= 4 is 9.84 Å². The molecule has 1 rings (SSSR count). The maximum Gasteiger partial charge on any atom is 0.247 e. The molecule has 66 valence electrons. The summed E-state index contributed by atoms with van der Waals surface area (Å²) in [5, 5.41) is -0.0787. The predicted octanol–water partition coefficient (Wildman–Crippen LogP) is 0.579. The van der Waals surface area contributed by atoms with Gasteiger partial charge in [-0.3, -0.25) is 0 Å². The number of nitrogens with zero attached hydrogens (tertiary/aromatic N) is 2. The first-order valence-electron chi connectivity index (χ1n) is 3.58. The zero-order valence-corrected chi connectivity index (χ0v) is 7.80. The lowest BCUT2D eigenvalue weighted by molar-refractivity contribution is 0.587. The van der Waals surface area contributed by atoms with Crippen molar-refractivity contribution in [3.63, 3.8) is 0 Å². The molecule has 0 atom stereocenters. The lowest BCUT2D eigenvalue weighted by atomic mass is 10.5. The number of rotatable bonds is 2. The van der Waals surface area contributed by atoms with Crippen molar-refractivity contribution in [2.24, 2.45) is 0 Å². The molecule has 12 heavy (non-hydrogen) atoms. The summed E-state index contributed by atoms with van der Waals surface area (Å²) >= 11 is 0. The fraction of sp³-hybridized carbons (Fsp3) is 0.429. The van der Waals surface area contributed by atoms with Crippen LogP contribution in [0.25, 0.3) is 0 Å². The third-order valence-electron chi connectivity index (χ3n) is 1.43. The van der Waals surface area contributed by atoms with Crippen LogP contribution in [0.5, 0.6) is 0 Å². The summed E-state index contributed by atoms with van der Waals surface area (Å²) in [4.78, 5) is 7.50. The Balaban J connectivity index is 3.21. The molecule has 0 radical (unpaired) electrons. The van der Waals surface area contributed by atoms with Crippen LogP contribution in [0, 0.1) is 6.92 Å². The molecule has 0 aromatic carbocycles. The topological polar surface area (TPSA) is 59.9 Å². The monoisotopic (exact) mass is 186 g/mol. The normalized spacial score (nSPS) is 11.5. The largest absolute Gasteiger partial charge is 0.247 e. The van der Waals surface area contributed by atoms with Gasteiger partial charge in [0, 0.05) is 11.9 Å². The minimum atomic E-state index is -3.24. The van der Waals surface area contributed by atoms with Crippen molar-refractivity contribution in [2.75, 3.05) is 5.75 Å². The predicted molar refractivity (Wildman–Crippen MR) is 44.5 cm³/mol. The third kappa shape index (κ3) is 1.79. The van der Waals surface area contributed by atoms with Crippen LogP contribution in [0.4, 0.5) is 0 Å². The summed E-state index contributed by atoms with van der Waals surface area (Å²) in [5.41, 5.74) is 0.664. The highest BCUT2D eigenvalue weighted by atomic mass is 32.2. The fourth-order valence-electron chi connectivity index (χ4n) is 0.705. The van der Waals surface area contributed by atoms with Crippen LogP contribution < -0.4 is 0 Å². The van der Waals surface area contributed by atoms with Crippen LogP contribution in [0.2, 0.25) is 0 Å². The van der Waals surface area contributed by atoms with Crippen molar-refractivity contribution in [1.82, 2.24) is 9.97 Å². The van der Waals surface area contributed by atoms with E-state index in [1.165, 1.54) is 6.20 Å². The highest BCUT2D eigenvalue weighted by Crippen LogP contribution is 2.03. The molecule has 0 bridgehead atoms. The van der Waals surface area contributed by atoms with E-state index in [0.29, 0.717) is 5.69 Å². The summed E-state index contributed by atoms with van der Waals surface area (Å²) in [6.45, 7) is 3.30. The first-order chi connectivity index (χ1) is 5.56. The molecule has 0 unspecified atom stereocenters. The van der Waals surface area contributed by atoms with Crippen molar-refractivity contribution in [1.29, 1.82) is 0 Å². The molecule has 1 heterocycles. The smallest absolute Gasteiger partial charge is 0.227 e. The molecule has 0 aliphatic rings. The number of sulfone groups is 1. The van der Waals surface area contributed by atoms with Gasteiger partial charge < -0.3 is 0 Å². The van der Waals surface area contributed by atoms with Gasteiger partial charge in [-0.25, -0.2) is 18.4 Å². The Kier molecular flexibility index (Phi) is 2.42. The van der Waals surface area contributed by atoms with E-state index in [-0.39, 0.29) is 10.9 Å². The number of aromatic nitrogens is 2. The summed E-state index contributed by atoms with van der Waals surface area (Å²) in [5.74, 6) is 0.0381. The molecule has 0 aliphatic carbocycles. The molecular weight excluding hydrogens is 176 g/mol. The van der Waals surface area contributed by atoms with Gasteiger partial charge in [0.1, 0.15) is 0 Å². The second-order valence-electron chi connectivity index (χ2n) is 2.38. The van der Waals surface area contributed by atoms with Crippen molar-refractivity contribution in [3.8, 4) is 0 Å². The molecule has 0 amide bonds. The van der Waals surface area contributed by atoms with Gasteiger partial charge in [0.05, 0.1) is 5.75 Å². The molecular formula is C7H10N2O2S. The first-order valence-corrected chi connectivity index (χ1v) is 5.24. The van der Waals surface area contributed by atoms with Crippen molar-refractivity contribution < 1.29 is 8.42 Å². The number of hydrogen-bond donors (Lipinski definition) is 0. The quantitative estimate of drug-likeness (QED) is 0.634. The van der Waals surface area contributed by atoms with Gasteiger partial charge in [-0.1, -0.05) is 6.92 Å². The van der Waals surface area contributed by atoms with Gasteiger partial charge in [0.15, 0.2) is 0 Å². The molecule has 0 saturated carbocycles. The summed E-state index contributed by atoms with van der Waals surface area (Å²) in [6.07, 6.45) is 1.45. The van der Waals surface area contributed by atoms with Gasteiger partial charge >= 0.3 is 0 Å². The van der Waals surface area contributed by atoms with E-state index in [1.54, 1.807) is 19.9 Å². The average molecular weight is 186 g/mol. The summed E-state index contributed by atoms with van der Waals surface area (Å²) < 4.78 is 22.5. The van der Waals surface area contributed by atoms with E-state index in [9.17, 15) is 8.42 Å². The van der Waals surface area contributed by atoms with Crippen LogP contribution in [0.3, 0.4) is 0 Å². The Morgan fingerprint density at radius 3 is 2.67 bits per heavy atom. The summed E-state index contributed by atoms with van der Waals surface area (Å²) in [7, 11) is -3.24. The van der Waals surface area contributed by atoms with Gasteiger partial charge in [-0.2, -0.15) is 0 Å². The molecule has 0 N–H and O–H groups in total. The van der Waals surface area contributed by atoms with E-state index in [1.807, 2.05) is 0 Å². The molecule has 0 fully saturated rings. The highest BCUT2D eigenvalue weighted by molar-refractivity contribution is 7.91. The molecule has 4 nitrogen and oxygen atoms in total. The molecule has 5 heteroatoms. The molecule has 1 aromatic heterocycles. The zero-order valence-electron chi connectivity index (χ0n) is 6.98. The fourth-order valence-corrected chi connectivity index (χ4v) is 1.47. The summed E-state index contributed by atoms with van der Waals surface area (Å²) in [6, 6.07) is 1.66. The molecule has 0 aliphatic heterocycles. The maximum absolute atomic E-state index is 11.2. The Bertz CT molecular complexity index is 373. The Hall–Kier alpha value is -0.970. The van der Waals surface area contributed by atoms with E-state index in [4.69, 9.17) is 0 Å². The van der Waals surface area contributed by atoms with Crippen LogP contribution in [0.15, 0.2) is 17.4 Å². The molecule has 0 saturated heterocycles. The van der Waals surface area contributed by atoms with Crippen molar-refractivity contribution in [2.45, 2.75) is 19.0 Å². The van der Waals surface area contributed by atoms with E-state index in [0.717, 1.165) is 0 Å². The van der Waals surface area contributed by atoms with Crippen LogP contribution in [-0.4, -0.2) is 24.1 Å². The second-order valence-corrected chi connectivity index (χ2v) is 4.56. The highest BCUT2D eigenvalue weighted by Gasteiger charge is 2.14. The standard InChI is InChI=1S/C7H10N2O2S/c1-3-12(10,11)7-8-5-4-6(2)9-7/h4-5H,3H2,1-2H3. The van der Waals surface area contributed by atoms with Gasteiger partial charge in [-0.15, -0.1) is 0 Å². The number of hydrogen-bond acceptors (Lipinski definition) is 4. The zero-order chi connectivity index (χ0) is 9.19. The average Bonchev–Trinajstić information content (AvgIpc) is 2.05. The Morgan fingerprint density at radius 2 is 2.17 bits per heavy atom. The third-order valence-corrected chi connectivity index (χ3v) is 2.94. The van der Waals surface area contributed by atoms with Crippen LogP contribution in [-0.2, 0) is 9.84 Å². The second kappa shape index (κ2) is 3.18. The van der Waals surface area contributed by atoms with E-state index in [2.05, 4.69) is 9.97 Å². The molecule has 0 spiro atoms. The van der Waals surface area contributed by atoms with Crippen LogP contribution in [0.1, 0.15) is 12.6 Å². The lowest BCUT2D eigenvalue weighted by Gasteiger charge is -1.98. The minimum Gasteiger partial charge on any atom is -0.227 e. The van der Waals surface area contributed by atoms with Crippen molar-refractivity contribution in [3.05, 3.63) is 18.0 Å². The first kappa shape index (κ1) is 9.12. The minimum absolute atomic E-state index is 0.0381. The number of aryl methyl sites for hydroxylation is 1.